The van der Waals surface area contributed by atoms with Gasteiger partial charge < -0.3 is 0 Å². The molecule has 1 rings (SSSR count). The summed E-state index contributed by atoms with van der Waals surface area (Å²) in [7, 11) is 0. The standard InChI is InChI=1S/C20H36/c1-9-20(8,10-2)18-12-11-17(15(3)4)13-14-19(6,7)16(18)5/h12-13,15-16H,9-11,14H2,1-8H3. The van der Waals surface area contributed by atoms with Gasteiger partial charge in [0.15, 0.2) is 0 Å². The lowest BCUT2D eigenvalue weighted by Gasteiger charge is -2.42. The van der Waals surface area contributed by atoms with Gasteiger partial charge in [-0.05, 0) is 48.3 Å². The molecule has 0 spiro atoms. The van der Waals surface area contributed by atoms with Crippen LogP contribution in [0.4, 0.5) is 0 Å². The summed E-state index contributed by atoms with van der Waals surface area (Å²) in [5.41, 5.74) is 4.06. The number of hydrogen-bond acceptors (Lipinski definition) is 0. The average molecular weight is 277 g/mol. The van der Waals surface area contributed by atoms with E-state index < -0.39 is 0 Å². The van der Waals surface area contributed by atoms with Crippen molar-refractivity contribution in [3.8, 4) is 0 Å². The molecule has 0 aromatic rings. The number of allylic oxidation sites excluding steroid dienone is 4. The third-order valence-electron chi connectivity index (χ3n) is 6.09. The summed E-state index contributed by atoms with van der Waals surface area (Å²) < 4.78 is 0. The first-order chi connectivity index (χ1) is 9.18. The van der Waals surface area contributed by atoms with Crippen LogP contribution in [0.2, 0.25) is 0 Å². The van der Waals surface area contributed by atoms with E-state index in [4.69, 9.17) is 0 Å². The van der Waals surface area contributed by atoms with Crippen LogP contribution in [0.15, 0.2) is 23.3 Å². The molecule has 1 atom stereocenters. The third kappa shape index (κ3) is 3.57. The van der Waals surface area contributed by atoms with Gasteiger partial charge in [-0.1, -0.05) is 78.7 Å². The Labute approximate surface area is 127 Å². The monoisotopic (exact) mass is 276 g/mol. The Morgan fingerprint density at radius 1 is 1.20 bits per heavy atom. The molecule has 0 saturated carbocycles. The third-order valence-corrected chi connectivity index (χ3v) is 6.09. The number of hydrogen-bond donors (Lipinski definition) is 0. The van der Waals surface area contributed by atoms with Crippen molar-refractivity contribution in [3.63, 3.8) is 0 Å². The molecule has 1 aliphatic rings. The zero-order valence-corrected chi connectivity index (χ0v) is 15.1. The van der Waals surface area contributed by atoms with Gasteiger partial charge >= 0.3 is 0 Å². The lowest BCUT2D eigenvalue weighted by Crippen LogP contribution is -2.31. The summed E-state index contributed by atoms with van der Waals surface area (Å²) in [6, 6.07) is 0. The summed E-state index contributed by atoms with van der Waals surface area (Å²) in [4.78, 5) is 0. The van der Waals surface area contributed by atoms with E-state index in [2.05, 4.69) is 67.5 Å². The highest BCUT2D eigenvalue weighted by Crippen LogP contribution is 2.48. The molecular weight excluding hydrogens is 240 g/mol. The molecule has 0 aromatic heterocycles. The molecule has 0 nitrogen and oxygen atoms in total. The molecule has 0 radical (unpaired) electrons. The molecule has 20 heavy (non-hydrogen) atoms. The first kappa shape index (κ1) is 17.5. The van der Waals surface area contributed by atoms with Crippen molar-refractivity contribution in [3.05, 3.63) is 23.3 Å². The smallest absolute Gasteiger partial charge is 0.0119 e. The van der Waals surface area contributed by atoms with Gasteiger partial charge in [-0.15, -0.1) is 0 Å². The molecule has 0 aromatic carbocycles. The summed E-state index contributed by atoms with van der Waals surface area (Å²) in [5, 5.41) is 0. The van der Waals surface area contributed by atoms with Gasteiger partial charge in [0.25, 0.3) is 0 Å². The van der Waals surface area contributed by atoms with Crippen molar-refractivity contribution >= 4 is 0 Å². The predicted octanol–water partition coefficient (Wildman–Crippen LogP) is 6.78. The molecule has 0 bridgehead atoms. The van der Waals surface area contributed by atoms with Crippen molar-refractivity contribution in [1.29, 1.82) is 0 Å². The van der Waals surface area contributed by atoms with Gasteiger partial charge in [-0.2, -0.15) is 0 Å². The molecule has 0 N–H and O–H groups in total. The van der Waals surface area contributed by atoms with Crippen LogP contribution in [-0.2, 0) is 0 Å². The first-order valence-electron chi connectivity index (χ1n) is 8.57. The van der Waals surface area contributed by atoms with Crippen LogP contribution < -0.4 is 0 Å². The summed E-state index contributed by atoms with van der Waals surface area (Å²) in [6.07, 6.45) is 9.95. The van der Waals surface area contributed by atoms with Crippen molar-refractivity contribution in [2.24, 2.45) is 22.7 Å². The minimum atomic E-state index is 0.359. The highest BCUT2D eigenvalue weighted by Gasteiger charge is 2.36. The molecule has 0 heterocycles. The maximum absolute atomic E-state index is 2.57. The van der Waals surface area contributed by atoms with E-state index in [1.165, 1.54) is 19.3 Å². The van der Waals surface area contributed by atoms with Crippen LogP contribution in [-0.4, -0.2) is 0 Å². The molecule has 0 amide bonds. The molecule has 0 aliphatic heterocycles. The fourth-order valence-corrected chi connectivity index (χ4v) is 3.38. The molecule has 1 aliphatic carbocycles. The topological polar surface area (TPSA) is 0 Å². The zero-order chi connectivity index (χ0) is 15.6. The van der Waals surface area contributed by atoms with Gasteiger partial charge in [-0.3, -0.25) is 0 Å². The van der Waals surface area contributed by atoms with Crippen LogP contribution in [0.5, 0.6) is 0 Å². The predicted molar refractivity (Wildman–Crippen MR) is 91.9 cm³/mol. The lowest BCUT2D eigenvalue weighted by atomic mass is 9.63. The van der Waals surface area contributed by atoms with Crippen LogP contribution in [0.25, 0.3) is 0 Å². The largest absolute Gasteiger partial charge is 0.0842 e. The zero-order valence-electron chi connectivity index (χ0n) is 15.1. The van der Waals surface area contributed by atoms with Gasteiger partial charge in [0.2, 0.25) is 0 Å². The molecular formula is C20H36. The van der Waals surface area contributed by atoms with Gasteiger partial charge in [0, 0.05) is 0 Å². The van der Waals surface area contributed by atoms with Crippen molar-refractivity contribution < 1.29 is 0 Å². The molecule has 0 fully saturated rings. The van der Waals surface area contributed by atoms with Crippen LogP contribution >= 0.6 is 0 Å². The number of rotatable bonds is 4. The Hall–Kier alpha value is -0.520. The second-order valence-electron chi connectivity index (χ2n) is 7.98. The van der Waals surface area contributed by atoms with E-state index in [1.807, 2.05) is 0 Å². The van der Waals surface area contributed by atoms with Crippen LogP contribution in [0.3, 0.4) is 0 Å². The molecule has 116 valence electrons. The van der Waals surface area contributed by atoms with E-state index >= 15 is 0 Å². The Morgan fingerprint density at radius 2 is 1.75 bits per heavy atom. The van der Waals surface area contributed by atoms with Gasteiger partial charge in [0.05, 0.1) is 0 Å². The second-order valence-corrected chi connectivity index (χ2v) is 7.98. The maximum atomic E-state index is 2.57. The normalized spacial score (nSPS) is 23.9. The van der Waals surface area contributed by atoms with Gasteiger partial charge in [-0.25, -0.2) is 0 Å². The van der Waals surface area contributed by atoms with Crippen molar-refractivity contribution in [1.82, 2.24) is 0 Å². The fraction of sp³-hybridized carbons (Fsp3) is 0.800. The minimum Gasteiger partial charge on any atom is -0.0842 e. The molecule has 1 unspecified atom stereocenters. The van der Waals surface area contributed by atoms with Crippen LogP contribution in [0, 0.1) is 22.7 Å². The highest BCUT2D eigenvalue weighted by molar-refractivity contribution is 5.25. The van der Waals surface area contributed by atoms with E-state index in [9.17, 15) is 0 Å². The second kappa shape index (κ2) is 6.50. The van der Waals surface area contributed by atoms with Crippen molar-refractivity contribution in [2.75, 3.05) is 0 Å². The maximum Gasteiger partial charge on any atom is -0.0119 e. The quantitative estimate of drug-likeness (QED) is 0.496. The van der Waals surface area contributed by atoms with E-state index in [0.29, 0.717) is 22.7 Å². The van der Waals surface area contributed by atoms with E-state index in [-0.39, 0.29) is 0 Å². The SMILES string of the molecule is CCC(C)(CC)C1=CCC(C(C)C)=CCC(C)(C)C1C. The minimum absolute atomic E-state index is 0.359. The highest BCUT2D eigenvalue weighted by atomic mass is 14.4. The van der Waals surface area contributed by atoms with E-state index in [1.54, 1.807) is 11.1 Å². The Morgan fingerprint density at radius 3 is 2.20 bits per heavy atom. The average Bonchev–Trinajstić information content (AvgIpc) is 2.39. The fourth-order valence-electron chi connectivity index (χ4n) is 3.38. The summed E-state index contributed by atoms with van der Waals surface area (Å²) in [6.45, 7) is 19.2. The lowest BCUT2D eigenvalue weighted by molar-refractivity contribution is 0.213. The first-order valence-corrected chi connectivity index (χ1v) is 8.57. The van der Waals surface area contributed by atoms with E-state index in [0.717, 1.165) is 6.42 Å². The summed E-state index contributed by atoms with van der Waals surface area (Å²) in [5.74, 6) is 1.34. The summed E-state index contributed by atoms with van der Waals surface area (Å²) >= 11 is 0. The van der Waals surface area contributed by atoms with Crippen LogP contribution in [0.1, 0.15) is 81.1 Å². The molecule has 0 heteroatoms. The van der Waals surface area contributed by atoms with Crippen molar-refractivity contribution in [2.45, 2.75) is 81.1 Å². The Kier molecular flexibility index (Phi) is 5.70. The Balaban J connectivity index is 3.25. The van der Waals surface area contributed by atoms with Gasteiger partial charge in [0.1, 0.15) is 0 Å². The molecule has 0 saturated heterocycles. The Bertz CT molecular complexity index is 375.